The highest BCUT2D eigenvalue weighted by Crippen LogP contribution is 2.32. The summed E-state index contributed by atoms with van der Waals surface area (Å²) in [6.07, 6.45) is 0. The molecule has 2 aromatic carbocycles. The molecule has 0 aliphatic rings. The Morgan fingerprint density at radius 1 is 1.14 bits per heavy atom. The Morgan fingerprint density at radius 2 is 1.90 bits per heavy atom. The lowest BCUT2D eigenvalue weighted by Gasteiger charge is -2.18. The quantitative estimate of drug-likeness (QED) is 0.547. The first-order valence-corrected chi connectivity index (χ1v) is 11.3. The Hall–Kier alpha value is -2.71. The zero-order chi connectivity index (χ0) is 20.9. The number of nitrogens with one attached hydrogen (secondary N) is 1. The van der Waals surface area contributed by atoms with Crippen molar-refractivity contribution in [3.05, 3.63) is 82.3 Å². The molecular formula is C21H20FNO4S2. The highest BCUT2D eigenvalue weighted by atomic mass is 32.2. The number of sulfone groups is 1. The van der Waals surface area contributed by atoms with E-state index in [0.717, 1.165) is 6.07 Å². The Morgan fingerprint density at radius 3 is 2.55 bits per heavy atom. The fraction of sp³-hybridized carbons (Fsp3) is 0.190. The number of halogens is 1. The normalized spacial score (nSPS) is 12.3. The van der Waals surface area contributed by atoms with Gasteiger partial charge in [0.25, 0.3) is 5.91 Å². The van der Waals surface area contributed by atoms with E-state index < -0.39 is 26.8 Å². The van der Waals surface area contributed by atoms with Crippen molar-refractivity contribution in [2.45, 2.75) is 17.1 Å². The molecule has 3 rings (SSSR count). The molecule has 0 radical (unpaired) electrons. The van der Waals surface area contributed by atoms with E-state index in [0.29, 0.717) is 10.6 Å². The molecule has 1 aromatic heterocycles. The molecule has 0 aliphatic carbocycles. The van der Waals surface area contributed by atoms with Crippen molar-refractivity contribution in [3.8, 4) is 5.75 Å². The number of rotatable bonds is 8. The van der Waals surface area contributed by atoms with Gasteiger partial charge in [-0.3, -0.25) is 4.79 Å². The fourth-order valence-electron chi connectivity index (χ4n) is 2.72. The van der Waals surface area contributed by atoms with Crippen LogP contribution in [0.5, 0.6) is 5.75 Å². The number of hydrogen-bond donors (Lipinski definition) is 1. The minimum Gasteiger partial charge on any atom is -0.484 e. The van der Waals surface area contributed by atoms with E-state index in [1.165, 1.54) is 30.4 Å². The second-order valence-electron chi connectivity index (χ2n) is 6.37. The SMILES string of the molecule is Cc1cc(S(=O)(=O)C(CNC(=O)COc2ccccc2)c2cccs2)ccc1F. The lowest BCUT2D eigenvalue weighted by atomic mass is 10.2. The number of benzene rings is 2. The second kappa shape index (κ2) is 9.19. The van der Waals surface area contributed by atoms with Crippen molar-refractivity contribution in [2.75, 3.05) is 13.2 Å². The van der Waals surface area contributed by atoms with Gasteiger partial charge >= 0.3 is 0 Å². The van der Waals surface area contributed by atoms with Gasteiger partial charge in [-0.15, -0.1) is 11.3 Å². The van der Waals surface area contributed by atoms with Crippen molar-refractivity contribution in [1.29, 1.82) is 0 Å². The summed E-state index contributed by atoms with van der Waals surface area (Å²) in [6.45, 7) is 1.17. The molecule has 0 saturated heterocycles. The van der Waals surface area contributed by atoms with Gasteiger partial charge in [-0.05, 0) is 54.3 Å². The van der Waals surface area contributed by atoms with Crippen LogP contribution in [0.1, 0.15) is 15.7 Å². The molecule has 1 heterocycles. The molecule has 1 N–H and O–H groups in total. The Bertz CT molecular complexity index is 1070. The van der Waals surface area contributed by atoms with Gasteiger partial charge in [-0.25, -0.2) is 12.8 Å². The first-order valence-electron chi connectivity index (χ1n) is 8.86. The maximum absolute atomic E-state index is 13.6. The van der Waals surface area contributed by atoms with E-state index in [1.54, 1.807) is 41.8 Å². The lowest BCUT2D eigenvalue weighted by molar-refractivity contribution is -0.123. The molecule has 0 saturated carbocycles. The molecular weight excluding hydrogens is 413 g/mol. The van der Waals surface area contributed by atoms with Crippen molar-refractivity contribution >= 4 is 27.1 Å². The molecule has 5 nitrogen and oxygen atoms in total. The fourth-order valence-corrected chi connectivity index (χ4v) is 5.59. The number of ether oxygens (including phenoxy) is 1. The number of thiophene rings is 1. The molecule has 1 unspecified atom stereocenters. The molecule has 0 spiro atoms. The summed E-state index contributed by atoms with van der Waals surface area (Å²) >= 11 is 1.29. The van der Waals surface area contributed by atoms with Crippen LogP contribution >= 0.6 is 11.3 Å². The Kier molecular flexibility index (Phi) is 6.66. The lowest BCUT2D eigenvalue weighted by Crippen LogP contribution is -2.34. The maximum Gasteiger partial charge on any atom is 0.257 e. The predicted molar refractivity (Wildman–Crippen MR) is 110 cm³/mol. The third-order valence-corrected chi connectivity index (χ3v) is 7.51. The summed E-state index contributed by atoms with van der Waals surface area (Å²) in [5.74, 6) is -0.351. The minimum absolute atomic E-state index is 0.0181. The zero-order valence-corrected chi connectivity index (χ0v) is 17.3. The Balaban J connectivity index is 1.74. The van der Waals surface area contributed by atoms with Crippen LogP contribution in [-0.4, -0.2) is 27.5 Å². The van der Waals surface area contributed by atoms with Crippen molar-refractivity contribution in [2.24, 2.45) is 0 Å². The van der Waals surface area contributed by atoms with E-state index in [1.807, 2.05) is 6.07 Å². The van der Waals surface area contributed by atoms with E-state index in [2.05, 4.69) is 5.32 Å². The van der Waals surface area contributed by atoms with Gasteiger partial charge in [0, 0.05) is 11.4 Å². The van der Waals surface area contributed by atoms with Crippen molar-refractivity contribution in [3.63, 3.8) is 0 Å². The van der Waals surface area contributed by atoms with Crippen LogP contribution in [0.3, 0.4) is 0 Å². The molecule has 1 atom stereocenters. The molecule has 0 fully saturated rings. The summed E-state index contributed by atoms with van der Waals surface area (Å²) in [5.41, 5.74) is 0.247. The van der Waals surface area contributed by atoms with Crippen molar-refractivity contribution < 1.29 is 22.3 Å². The van der Waals surface area contributed by atoms with Gasteiger partial charge in [0.1, 0.15) is 16.8 Å². The molecule has 1 amide bonds. The number of para-hydroxylation sites is 1. The molecule has 0 bridgehead atoms. The van der Waals surface area contributed by atoms with Crippen molar-refractivity contribution in [1.82, 2.24) is 5.32 Å². The van der Waals surface area contributed by atoms with Crippen LogP contribution in [0.4, 0.5) is 4.39 Å². The standard InChI is InChI=1S/C21H20FNO4S2/c1-15-12-17(9-10-18(15)22)29(25,26)20(19-8-5-11-28-19)13-23-21(24)14-27-16-6-3-2-4-7-16/h2-12,20H,13-14H2,1H3,(H,23,24). The largest absolute Gasteiger partial charge is 0.484 e. The van der Waals surface area contributed by atoms with Gasteiger partial charge < -0.3 is 10.1 Å². The topological polar surface area (TPSA) is 72.5 Å². The van der Waals surface area contributed by atoms with E-state index in [9.17, 15) is 17.6 Å². The smallest absolute Gasteiger partial charge is 0.257 e. The van der Waals surface area contributed by atoms with Crippen LogP contribution in [0.25, 0.3) is 0 Å². The predicted octanol–water partition coefficient (Wildman–Crippen LogP) is 3.91. The van der Waals surface area contributed by atoms with Gasteiger partial charge in [-0.1, -0.05) is 24.3 Å². The number of aryl methyl sites for hydroxylation is 1. The van der Waals surface area contributed by atoms with Gasteiger partial charge in [-0.2, -0.15) is 0 Å². The first-order chi connectivity index (χ1) is 13.9. The molecule has 152 valence electrons. The van der Waals surface area contributed by atoms with E-state index in [4.69, 9.17) is 4.74 Å². The minimum atomic E-state index is -3.84. The van der Waals surface area contributed by atoms with Crippen LogP contribution in [-0.2, 0) is 14.6 Å². The summed E-state index contributed by atoms with van der Waals surface area (Å²) < 4.78 is 45.3. The number of carbonyl (C=O) groups is 1. The summed E-state index contributed by atoms with van der Waals surface area (Å²) in [7, 11) is -3.84. The van der Waals surface area contributed by atoms with Crippen LogP contribution < -0.4 is 10.1 Å². The first kappa shape index (κ1) is 21.0. The zero-order valence-electron chi connectivity index (χ0n) is 15.7. The van der Waals surface area contributed by atoms with Crippen LogP contribution in [0.2, 0.25) is 0 Å². The summed E-state index contributed by atoms with van der Waals surface area (Å²) in [5, 5.41) is 3.43. The van der Waals surface area contributed by atoms with Gasteiger partial charge in [0.15, 0.2) is 16.4 Å². The average Bonchev–Trinajstić information content (AvgIpc) is 3.23. The summed E-state index contributed by atoms with van der Waals surface area (Å²) in [6, 6.07) is 16.0. The van der Waals surface area contributed by atoms with E-state index in [-0.39, 0.29) is 23.6 Å². The maximum atomic E-state index is 13.6. The molecule has 29 heavy (non-hydrogen) atoms. The molecule has 0 aliphatic heterocycles. The third-order valence-electron chi connectivity index (χ3n) is 4.29. The average molecular weight is 434 g/mol. The van der Waals surface area contributed by atoms with Gasteiger partial charge in [0.2, 0.25) is 0 Å². The Labute approximate surface area is 173 Å². The summed E-state index contributed by atoms with van der Waals surface area (Å²) in [4.78, 5) is 12.8. The highest BCUT2D eigenvalue weighted by molar-refractivity contribution is 7.91. The second-order valence-corrected chi connectivity index (χ2v) is 9.48. The number of carbonyl (C=O) groups excluding carboxylic acids is 1. The van der Waals surface area contributed by atoms with Crippen LogP contribution in [0.15, 0.2) is 70.9 Å². The molecule has 8 heteroatoms. The number of hydrogen-bond acceptors (Lipinski definition) is 5. The third kappa shape index (κ3) is 5.21. The monoisotopic (exact) mass is 433 g/mol. The van der Waals surface area contributed by atoms with E-state index >= 15 is 0 Å². The van der Waals surface area contributed by atoms with Gasteiger partial charge in [0.05, 0.1) is 4.90 Å². The number of amides is 1. The highest BCUT2D eigenvalue weighted by Gasteiger charge is 2.31. The van der Waals surface area contributed by atoms with Crippen LogP contribution in [0, 0.1) is 12.7 Å². The molecule has 3 aromatic rings.